The van der Waals surface area contributed by atoms with Gasteiger partial charge in [0.15, 0.2) is 5.13 Å². The lowest BCUT2D eigenvalue weighted by Crippen LogP contribution is -2.18. The van der Waals surface area contributed by atoms with Gasteiger partial charge in [-0.2, -0.15) is 0 Å². The summed E-state index contributed by atoms with van der Waals surface area (Å²) in [6, 6.07) is 6.34. The molecule has 1 aromatic heterocycles. The van der Waals surface area contributed by atoms with Crippen LogP contribution in [0.25, 0.3) is 10.2 Å². The summed E-state index contributed by atoms with van der Waals surface area (Å²) < 4.78 is 6.85. The molecular formula is C13H16N2OS2. The van der Waals surface area contributed by atoms with Crippen LogP contribution in [0, 0.1) is 0 Å². The highest BCUT2D eigenvalue weighted by atomic mass is 32.2. The van der Waals surface area contributed by atoms with E-state index in [2.05, 4.69) is 34.8 Å². The number of thiazole rings is 1. The monoisotopic (exact) mass is 280 g/mol. The van der Waals surface area contributed by atoms with Crippen LogP contribution >= 0.6 is 23.1 Å². The Morgan fingerprint density at radius 2 is 2.50 bits per heavy atom. The maximum atomic E-state index is 5.60. The fourth-order valence-electron chi connectivity index (χ4n) is 2.17. The molecule has 1 saturated heterocycles. The highest BCUT2D eigenvalue weighted by molar-refractivity contribution is 7.98. The van der Waals surface area contributed by atoms with Crippen LogP contribution in [0.4, 0.5) is 5.13 Å². The summed E-state index contributed by atoms with van der Waals surface area (Å²) in [6.07, 6.45) is 4.79. The minimum absolute atomic E-state index is 0.358. The van der Waals surface area contributed by atoms with Gasteiger partial charge in [-0.25, -0.2) is 4.98 Å². The van der Waals surface area contributed by atoms with Crippen molar-refractivity contribution in [3.63, 3.8) is 0 Å². The third-order valence-electron chi connectivity index (χ3n) is 3.11. The van der Waals surface area contributed by atoms with Crippen LogP contribution in [0.2, 0.25) is 0 Å². The van der Waals surface area contributed by atoms with Gasteiger partial charge in [-0.05, 0) is 31.2 Å². The average molecular weight is 280 g/mol. The van der Waals surface area contributed by atoms with Crippen LogP contribution in [0.1, 0.15) is 12.8 Å². The minimum atomic E-state index is 0.358. The molecule has 0 aliphatic carbocycles. The Hall–Kier alpha value is -0.780. The van der Waals surface area contributed by atoms with Crippen LogP contribution in [0.15, 0.2) is 23.1 Å². The van der Waals surface area contributed by atoms with Gasteiger partial charge >= 0.3 is 0 Å². The van der Waals surface area contributed by atoms with Gasteiger partial charge in [0.2, 0.25) is 0 Å². The summed E-state index contributed by atoms with van der Waals surface area (Å²) in [6.45, 7) is 1.78. The van der Waals surface area contributed by atoms with Crippen molar-refractivity contribution >= 4 is 38.4 Å². The van der Waals surface area contributed by atoms with E-state index in [0.29, 0.717) is 6.10 Å². The first-order valence-corrected chi connectivity index (χ1v) is 8.20. The van der Waals surface area contributed by atoms with E-state index in [0.717, 1.165) is 30.2 Å². The first-order valence-electron chi connectivity index (χ1n) is 6.16. The number of thioether (sulfide) groups is 1. The largest absolute Gasteiger partial charge is 0.376 e. The maximum absolute atomic E-state index is 5.60. The van der Waals surface area contributed by atoms with E-state index >= 15 is 0 Å². The van der Waals surface area contributed by atoms with Crippen LogP contribution in [0.3, 0.4) is 0 Å². The molecule has 0 unspecified atom stereocenters. The second kappa shape index (κ2) is 5.47. The number of aromatic nitrogens is 1. The number of benzene rings is 1. The summed E-state index contributed by atoms with van der Waals surface area (Å²) in [5.74, 6) is 0. The number of hydrogen-bond donors (Lipinski definition) is 1. The van der Waals surface area contributed by atoms with Gasteiger partial charge in [-0.15, -0.1) is 11.8 Å². The first kappa shape index (κ1) is 12.3. The number of hydrogen-bond acceptors (Lipinski definition) is 5. The molecule has 0 radical (unpaired) electrons. The van der Waals surface area contributed by atoms with E-state index in [-0.39, 0.29) is 0 Å². The Labute approximate surface area is 115 Å². The van der Waals surface area contributed by atoms with E-state index in [1.165, 1.54) is 16.0 Å². The molecule has 0 spiro atoms. The highest BCUT2D eigenvalue weighted by Crippen LogP contribution is 2.32. The first-order chi connectivity index (χ1) is 8.86. The molecule has 96 valence electrons. The topological polar surface area (TPSA) is 34.1 Å². The quantitative estimate of drug-likeness (QED) is 0.868. The zero-order valence-electron chi connectivity index (χ0n) is 10.3. The normalized spacial score (nSPS) is 19.5. The zero-order chi connectivity index (χ0) is 12.4. The molecule has 18 heavy (non-hydrogen) atoms. The fourth-order valence-corrected chi connectivity index (χ4v) is 3.70. The Balaban J connectivity index is 1.76. The van der Waals surface area contributed by atoms with Crippen LogP contribution in [0.5, 0.6) is 0 Å². The van der Waals surface area contributed by atoms with Crippen molar-refractivity contribution < 1.29 is 4.74 Å². The van der Waals surface area contributed by atoms with E-state index < -0.39 is 0 Å². The van der Waals surface area contributed by atoms with Gasteiger partial charge in [-0.3, -0.25) is 0 Å². The van der Waals surface area contributed by atoms with Crippen molar-refractivity contribution in [2.24, 2.45) is 0 Å². The van der Waals surface area contributed by atoms with E-state index in [1.807, 2.05) is 0 Å². The highest BCUT2D eigenvalue weighted by Gasteiger charge is 2.16. The Morgan fingerprint density at radius 3 is 3.28 bits per heavy atom. The predicted molar refractivity (Wildman–Crippen MR) is 78.9 cm³/mol. The smallest absolute Gasteiger partial charge is 0.183 e. The summed E-state index contributed by atoms with van der Waals surface area (Å²) in [5.41, 5.74) is 1.12. The second-order valence-corrected chi connectivity index (χ2v) is 6.22. The molecule has 3 rings (SSSR count). The molecule has 0 saturated carbocycles. The predicted octanol–water partition coefficient (Wildman–Crippen LogP) is 3.61. The Kier molecular flexibility index (Phi) is 3.72. The standard InChI is InChI=1S/C13H16N2OS2/c1-17-10-5-2-6-11-12(10)15-13(18-11)14-8-9-4-3-7-16-9/h2,5-6,9H,3-4,7-8H2,1H3,(H,14,15)/t9-/m1/s1. The molecule has 1 aliphatic rings. The van der Waals surface area contributed by atoms with Gasteiger partial charge in [-0.1, -0.05) is 17.4 Å². The van der Waals surface area contributed by atoms with E-state index in [9.17, 15) is 0 Å². The summed E-state index contributed by atoms with van der Waals surface area (Å²) >= 11 is 3.47. The lowest BCUT2D eigenvalue weighted by Gasteiger charge is -2.08. The fraction of sp³-hybridized carbons (Fsp3) is 0.462. The molecule has 1 N–H and O–H groups in total. The molecule has 1 aromatic carbocycles. The molecular weight excluding hydrogens is 264 g/mol. The number of nitrogens with one attached hydrogen (secondary N) is 1. The van der Waals surface area contributed by atoms with E-state index in [4.69, 9.17) is 4.74 Å². The van der Waals surface area contributed by atoms with Crippen LogP contribution in [-0.4, -0.2) is 30.5 Å². The van der Waals surface area contributed by atoms with Gasteiger partial charge in [0.05, 0.1) is 16.3 Å². The SMILES string of the molecule is CSc1cccc2sc(NC[C@H]3CCCO3)nc12. The van der Waals surface area contributed by atoms with Crippen molar-refractivity contribution in [3.05, 3.63) is 18.2 Å². The summed E-state index contributed by atoms with van der Waals surface area (Å²) in [7, 11) is 0. The number of nitrogens with zero attached hydrogens (tertiary/aromatic N) is 1. The van der Waals surface area contributed by atoms with Gasteiger partial charge in [0, 0.05) is 18.0 Å². The molecule has 1 aliphatic heterocycles. The van der Waals surface area contributed by atoms with Crippen LogP contribution in [-0.2, 0) is 4.74 Å². The molecule has 1 atom stereocenters. The number of fused-ring (bicyclic) bond motifs is 1. The molecule has 2 heterocycles. The molecule has 2 aromatic rings. The minimum Gasteiger partial charge on any atom is -0.376 e. The molecule has 3 nitrogen and oxygen atoms in total. The third-order valence-corrected chi connectivity index (χ3v) is 4.85. The van der Waals surface area contributed by atoms with Crippen molar-refractivity contribution in [2.75, 3.05) is 24.7 Å². The Bertz CT molecular complexity index is 535. The summed E-state index contributed by atoms with van der Waals surface area (Å²) in [4.78, 5) is 5.92. The van der Waals surface area contributed by atoms with Crippen LogP contribution < -0.4 is 5.32 Å². The van der Waals surface area contributed by atoms with Crippen molar-refractivity contribution in [2.45, 2.75) is 23.8 Å². The third kappa shape index (κ3) is 2.48. The zero-order valence-corrected chi connectivity index (χ0v) is 11.9. The number of anilines is 1. The summed E-state index contributed by atoms with van der Waals surface area (Å²) in [5, 5.41) is 4.40. The average Bonchev–Trinajstić information content (AvgIpc) is 3.04. The van der Waals surface area contributed by atoms with Crippen molar-refractivity contribution in [1.29, 1.82) is 0 Å². The molecule has 5 heteroatoms. The maximum Gasteiger partial charge on any atom is 0.183 e. The van der Waals surface area contributed by atoms with Crippen molar-refractivity contribution in [3.8, 4) is 0 Å². The molecule has 0 amide bonds. The lowest BCUT2D eigenvalue weighted by molar-refractivity contribution is 0.120. The number of ether oxygens (including phenoxy) is 1. The van der Waals surface area contributed by atoms with Crippen molar-refractivity contribution in [1.82, 2.24) is 4.98 Å². The second-order valence-electron chi connectivity index (χ2n) is 4.34. The number of rotatable bonds is 4. The molecule has 0 bridgehead atoms. The van der Waals surface area contributed by atoms with Gasteiger partial charge < -0.3 is 10.1 Å². The lowest BCUT2D eigenvalue weighted by atomic mass is 10.2. The molecule has 1 fully saturated rings. The van der Waals surface area contributed by atoms with E-state index in [1.54, 1.807) is 23.1 Å². The van der Waals surface area contributed by atoms with Gasteiger partial charge in [0.1, 0.15) is 0 Å². The number of para-hydroxylation sites is 1. The Morgan fingerprint density at radius 1 is 1.56 bits per heavy atom. The van der Waals surface area contributed by atoms with Gasteiger partial charge in [0.25, 0.3) is 0 Å².